The molecule has 0 radical (unpaired) electrons. The molecule has 0 aliphatic heterocycles. The molecule has 0 aliphatic rings. The lowest BCUT2D eigenvalue weighted by atomic mass is 10.0. The van der Waals surface area contributed by atoms with Crippen molar-refractivity contribution in [3.63, 3.8) is 0 Å². The van der Waals surface area contributed by atoms with Crippen LogP contribution in [0.15, 0.2) is 94.7 Å². The Morgan fingerprint density at radius 2 is 1.43 bits per heavy atom. The summed E-state index contributed by atoms with van der Waals surface area (Å²) in [6.07, 6.45) is 1.02. The molecule has 6 heteroatoms. The highest BCUT2D eigenvalue weighted by Crippen LogP contribution is 2.36. The number of nitrogens with zero attached hydrogens (tertiary/aromatic N) is 1. The lowest BCUT2D eigenvalue weighted by Crippen LogP contribution is -2.40. The van der Waals surface area contributed by atoms with Crippen molar-refractivity contribution in [2.24, 2.45) is 0 Å². The summed E-state index contributed by atoms with van der Waals surface area (Å²) in [5.41, 5.74) is 5.98. The van der Waals surface area contributed by atoms with Crippen LogP contribution < -0.4 is 5.32 Å². The Morgan fingerprint density at radius 1 is 0.757 bits per heavy atom. The molecule has 0 aromatic heterocycles. The Kier molecular flexibility index (Phi) is 9.50. The minimum absolute atomic E-state index is 0.595. The van der Waals surface area contributed by atoms with Gasteiger partial charge in [0.05, 0.1) is 30.7 Å². The molecule has 2 nitrogen and oxygen atoms in total. The number of halogens is 3. The Labute approximate surface area is 240 Å². The van der Waals surface area contributed by atoms with E-state index >= 15 is 0 Å². The van der Waals surface area contributed by atoms with Crippen LogP contribution in [-0.2, 0) is 6.54 Å². The monoisotopic (exact) mass is 569 g/mol. The third-order valence-corrected chi connectivity index (χ3v) is 8.32. The third kappa shape index (κ3) is 8.17. The molecule has 0 fully saturated rings. The second-order valence-corrected chi connectivity index (χ2v) is 12.3. The molecule has 1 N–H and O–H groups in total. The third-order valence-electron chi connectivity index (χ3n) is 6.26. The van der Waals surface area contributed by atoms with E-state index in [1.165, 1.54) is 27.1 Å². The zero-order valence-electron chi connectivity index (χ0n) is 21.4. The smallest absolute Gasteiger partial charge is 0.104 e. The highest BCUT2D eigenvalue weighted by molar-refractivity contribution is 7.99. The van der Waals surface area contributed by atoms with Gasteiger partial charge in [0.1, 0.15) is 6.54 Å². The van der Waals surface area contributed by atoms with Crippen LogP contribution in [0.3, 0.4) is 0 Å². The summed E-state index contributed by atoms with van der Waals surface area (Å²) in [5.74, 6) is 0. The molecular weight excluding hydrogens is 539 g/mol. The molecule has 4 aromatic carbocycles. The fourth-order valence-corrected chi connectivity index (χ4v) is 5.66. The van der Waals surface area contributed by atoms with Crippen molar-refractivity contribution in [2.75, 3.05) is 32.5 Å². The molecule has 0 heterocycles. The highest BCUT2D eigenvalue weighted by Gasteiger charge is 2.16. The molecule has 0 saturated carbocycles. The summed E-state index contributed by atoms with van der Waals surface area (Å²) >= 11 is 20.4. The van der Waals surface area contributed by atoms with Gasteiger partial charge in [0, 0.05) is 39.0 Å². The van der Waals surface area contributed by atoms with Crippen molar-refractivity contribution in [1.29, 1.82) is 0 Å². The van der Waals surface area contributed by atoms with E-state index in [0.717, 1.165) is 46.1 Å². The normalized spacial score (nSPS) is 11.5. The maximum absolute atomic E-state index is 6.35. The Balaban J connectivity index is 1.34. The predicted octanol–water partition coefficient (Wildman–Crippen LogP) is 9.85. The number of nitrogens with one attached hydrogen (secondary N) is 1. The van der Waals surface area contributed by atoms with Crippen molar-refractivity contribution in [3.8, 4) is 11.1 Å². The first kappa shape index (κ1) is 27.9. The fourth-order valence-electron chi connectivity index (χ4n) is 4.26. The van der Waals surface area contributed by atoms with E-state index in [2.05, 4.69) is 87.0 Å². The SMILES string of the molecule is Cc1ccc(-c2ccc(Sc3ccc(Cl)cc3NCCC[N+](C)(C)Cc3ccc(Cl)c(Cl)c3)cc2)cc1. The fraction of sp³-hybridized carbons (Fsp3) is 0.226. The van der Waals surface area contributed by atoms with E-state index in [1.54, 1.807) is 11.8 Å². The molecule has 0 atom stereocenters. The van der Waals surface area contributed by atoms with Crippen LogP contribution in [0.5, 0.6) is 0 Å². The van der Waals surface area contributed by atoms with Crippen LogP contribution >= 0.6 is 46.6 Å². The number of benzene rings is 4. The van der Waals surface area contributed by atoms with Gasteiger partial charge in [-0.25, -0.2) is 0 Å². The molecule has 192 valence electrons. The van der Waals surface area contributed by atoms with Gasteiger partial charge in [-0.1, -0.05) is 94.6 Å². The second-order valence-electron chi connectivity index (χ2n) is 9.98. The standard InChI is InChI=1S/C31H32Cl3N2S/c1-22-5-8-24(9-6-22)25-10-13-27(14-11-25)37-31-16-12-26(32)20-30(31)35-17-4-18-36(2,3)21-23-7-15-28(33)29(34)19-23/h5-16,19-20,35H,4,17-18,21H2,1-3H3/q+1. The van der Waals surface area contributed by atoms with Crippen LogP contribution in [0.1, 0.15) is 17.5 Å². The summed E-state index contributed by atoms with van der Waals surface area (Å²) in [4.78, 5) is 2.36. The lowest BCUT2D eigenvalue weighted by Gasteiger charge is -2.30. The van der Waals surface area contributed by atoms with Gasteiger partial charge >= 0.3 is 0 Å². The molecule has 0 amide bonds. The van der Waals surface area contributed by atoms with E-state index in [1.807, 2.05) is 24.3 Å². The van der Waals surface area contributed by atoms with Gasteiger partial charge in [0.15, 0.2) is 0 Å². The minimum Gasteiger partial charge on any atom is -0.384 e. The van der Waals surface area contributed by atoms with Gasteiger partial charge in [-0.15, -0.1) is 0 Å². The van der Waals surface area contributed by atoms with E-state index in [9.17, 15) is 0 Å². The van der Waals surface area contributed by atoms with Crippen molar-refractivity contribution in [1.82, 2.24) is 0 Å². The summed E-state index contributed by atoms with van der Waals surface area (Å²) in [6.45, 7) is 4.90. The van der Waals surface area contributed by atoms with Gasteiger partial charge in [-0.3, -0.25) is 0 Å². The largest absolute Gasteiger partial charge is 0.384 e. The van der Waals surface area contributed by atoms with Crippen LogP contribution in [-0.4, -0.2) is 31.7 Å². The number of anilines is 1. The Hall–Kier alpha value is -2.14. The average Bonchev–Trinajstić information content (AvgIpc) is 2.86. The molecule has 0 spiro atoms. The lowest BCUT2D eigenvalue weighted by molar-refractivity contribution is -0.903. The summed E-state index contributed by atoms with van der Waals surface area (Å²) in [6, 6.07) is 29.3. The molecule has 0 unspecified atom stereocenters. The number of aryl methyl sites for hydroxylation is 1. The number of hydrogen-bond donors (Lipinski definition) is 1. The maximum atomic E-state index is 6.35. The summed E-state index contributed by atoms with van der Waals surface area (Å²) in [7, 11) is 4.48. The highest BCUT2D eigenvalue weighted by atomic mass is 35.5. The van der Waals surface area contributed by atoms with Crippen molar-refractivity contribution >= 4 is 52.3 Å². The first-order valence-corrected chi connectivity index (χ1v) is 14.3. The first-order chi connectivity index (χ1) is 17.7. The Bertz CT molecular complexity index is 1340. The van der Waals surface area contributed by atoms with E-state index in [-0.39, 0.29) is 0 Å². The summed E-state index contributed by atoms with van der Waals surface area (Å²) < 4.78 is 0.865. The average molecular weight is 571 g/mol. The molecule has 0 bridgehead atoms. The van der Waals surface area contributed by atoms with Gasteiger partial charge in [-0.05, 0) is 60.5 Å². The van der Waals surface area contributed by atoms with Crippen molar-refractivity contribution in [3.05, 3.63) is 111 Å². The van der Waals surface area contributed by atoms with E-state index in [0.29, 0.717) is 10.0 Å². The molecule has 4 aromatic rings. The van der Waals surface area contributed by atoms with Crippen molar-refractivity contribution < 1.29 is 4.48 Å². The predicted molar refractivity (Wildman–Crippen MR) is 162 cm³/mol. The minimum atomic E-state index is 0.595. The van der Waals surface area contributed by atoms with Crippen LogP contribution in [0.25, 0.3) is 11.1 Å². The van der Waals surface area contributed by atoms with E-state index in [4.69, 9.17) is 34.8 Å². The Morgan fingerprint density at radius 3 is 2.11 bits per heavy atom. The van der Waals surface area contributed by atoms with Gasteiger partial charge in [0.2, 0.25) is 0 Å². The first-order valence-electron chi connectivity index (χ1n) is 12.3. The second kappa shape index (κ2) is 12.6. The molecule has 0 saturated heterocycles. The van der Waals surface area contributed by atoms with Crippen LogP contribution in [0.2, 0.25) is 15.1 Å². The van der Waals surface area contributed by atoms with Gasteiger partial charge < -0.3 is 9.80 Å². The van der Waals surface area contributed by atoms with Gasteiger partial charge in [0.25, 0.3) is 0 Å². The number of rotatable bonds is 10. The molecule has 4 rings (SSSR count). The van der Waals surface area contributed by atoms with Crippen LogP contribution in [0.4, 0.5) is 5.69 Å². The van der Waals surface area contributed by atoms with E-state index < -0.39 is 0 Å². The van der Waals surface area contributed by atoms with Gasteiger partial charge in [-0.2, -0.15) is 0 Å². The molecule has 0 aliphatic carbocycles. The summed E-state index contributed by atoms with van der Waals surface area (Å²) in [5, 5.41) is 5.55. The molecule has 37 heavy (non-hydrogen) atoms. The number of hydrogen-bond acceptors (Lipinski definition) is 2. The number of quaternary nitrogens is 1. The maximum Gasteiger partial charge on any atom is 0.104 e. The molecular formula is C31H32Cl3N2S+. The zero-order valence-corrected chi connectivity index (χ0v) is 24.5. The van der Waals surface area contributed by atoms with Crippen molar-refractivity contribution in [2.45, 2.75) is 29.7 Å². The zero-order chi connectivity index (χ0) is 26.4. The topological polar surface area (TPSA) is 12.0 Å². The van der Waals surface area contributed by atoms with Crippen LogP contribution in [0, 0.1) is 6.92 Å². The quantitative estimate of drug-likeness (QED) is 0.150.